The zero-order valence-corrected chi connectivity index (χ0v) is 16.2. The predicted octanol–water partition coefficient (Wildman–Crippen LogP) is 2.56. The van der Waals surface area contributed by atoms with Crippen molar-refractivity contribution in [2.75, 3.05) is 24.4 Å². The van der Waals surface area contributed by atoms with Crippen LogP contribution in [-0.2, 0) is 14.3 Å². The van der Waals surface area contributed by atoms with Crippen LogP contribution in [0.5, 0.6) is 5.75 Å². The van der Waals surface area contributed by atoms with Gasteiger partial charge in [-0.2, -0.15) is 0 Å². The average molecular weight is 410 g/mol. The molecule has 3 aromatic rings. The van der Waals surface area contributed by atoms with Crippen LogP contribution in [0, 0.1) is 0 Å². The molecule has 0 radical (unpaired) electrons. The van der Waals surface area contributed by atoms with E-state index in [2.05, 4.69) is 10.6 Å². The maximum Gasteiger partial charge on any atom is 0.351 e. The first-order valence-electron chi connectivity index (χ1n) is 8.83. The van der Waals surface area contributed by atoms with Gasteiger partial charge in [-0.15, -0.1) is 0 Å². The predicted molar refractivity (Wildman–Crippen MR) is 109 cm³/mol. The molecule has 2 N–H and O–H groups in total. The number of ether oxygens (including phenoxy) is 2. The molecule has 1 heterocycles. The second-order valence-electron chi connectivity index (χ2n) is 6.21. The SMILES string of the molecule is COc1ccc(NC(C)=O)cc1NC(=O)COC(=O)c1cc2ccccc2oc1=O. The van der Waals surface area contributed by atoms with Gasteiger partial charge in [0, 0.05) is 18.0 Å². The van der Waals surface area contributed by atoms with Crippen LogP contribution in [0.25, 0.3) is 11.0 Å². The number of methoxy groups -OCH3 is 1. The molecule has 0 spiro atoms. The maximum absolute atomic E-state index is 12.2. The summed E-state index contributed by atoms with van der Waals surface area (Å²) in [6.07, 6.45) is 0. The van der Waals surface area contributed by atoms with Crippen LogP contribution in [0.1, 0.15) is 17.3 Å². The van der Waals surface area contributed by atoms with Crippen LogP contribution >= 0.6 is 0 Å². The van der Waals surface area contributed by atoms with Crippen molar-refractivity contribution >= 4 is 40.1 Å². The fourth-order valence-corrected chi connectivity index (χ4v) is 2.69. The molecule has 0 saturated carbocycles. The molecule has 0 saturated heterocycles. The summed E-state index contributed by atoms with van der Waals surface area (Å²) in [6, 6.07) is 12.7. The first-order chi connectivity index (χ1) is 14.4. The number of anilines is 2. The van der Waals surface area contributed by atoms with Gasteiger partial charge < -0.3 is 24.5 Å². The summed E-state index contributed by atoms with van der Waals surface area (Å²) >= 11 is 0. The van der Waals surface area contributed by atoms with Gasteiger partial charge in [0.2, 0.25) is 5.91 Å². The Kier molecular flexibility index (Phi) is 6.11. The highest BCUT2D eigenvalue weighted by atomic mass is 16.5. The summed E-state index contributed by atoms with van der Waals surface area (Å²) in [6.45, 7) is 0.712. The second-order valence-corrected chi connectivity index (χ2v) is 6.21. The van der Waals surface area contributed by atoms with Gasteiger partial charge in [-0.25, -0.2) is 9.59 Å². The minimum absolute atomic E-state index is 0.273. The van der Waals surface area contributed by atoms with Gasteiger partial charge in [0.05, 0.1) is 12.8 Å². The number of hydrogen-bond donors (Lipinski definition) is 2. The monoisotopic (exact) mass is 410 g/mol. The molecule has 0 unspecified atom stereocenters. The van der Waals surface area contributed by atoms with E-state index in [-0.39, 0.29) is 17.2 Å². The van der Waals surface area contributed by atoms with Gasteiger partial charge in [0.25, 0.3) is 5.91 Å². The summed E-state index contributed by atoms with van der Waals surface area (Å²) in [4.78, 5) is 47.6. The summed E-state index contributed by atoms with van der Waals surface area (Å²) in [5.74, 6) is -1.57. The lowest BCUT2D eigenvalue weighted by molar-refractivity contribution is -0.119. The smallest absolute Gasteiger partial charge is 0.351 e. The minimum atomic E-state index is -0.983. The van der Waals surface area contributed by atoms with Crippen molar-refractivity contribution in [2.24, 2.45) is 0 Å². The maximum atomic E-state index is 12.2. The van der Waals surface area contributed by atoms with Crippen molar-refractivity contribution in [2.45, 2.75) is 6.92 Å². The first-order valence-corrected chi connectivity index (χ1v) is 8.83. The third-order valence-electron chi connectivity index (χ3n) is 3.99. The molecule has 1 aromatic heterocycles. The molecular weight excluding hydrogens is 392 g/mol. The second kappa shape index (κ2) is 8.91. The Labute approximate surface area is 170 Å². The first kappa shape index (κ1) is 20.6. The number of rotatable bonds is 6. The normalized spacial score (nSPS) is 10.3. The highest BCUT2D eigenvalue weighted by Crippen LogP contribution is 2.27. The summed E-state index contributed by atoms with van der Waals surface area (Å²) in [5.41, 5.74) is -0.113. The van der Waals surface area contributed by atoms with E-state index in [0.717, 1.165) is 0 Å². The van der Waals surface area contributed by atoms with Crippen molar-refractivity contribution < 1.29 is 28.3 Å². The van der Waals surface area contributed by atoms with Crippen LogP contribution in [0.3, 0.4) is 0 Å². The molecule has 30 heavy (non-hydrogen) atoms. The van der Waals surface area contributed by atoms with E-state index in [1.54, 1.807) is 36.4 Å². The molecule has 2 aromatic carbocycles. The Morgan fingerprint density at radius 2 is 1.80 bits per heavy atom. The number of esters is 1. The van der Waals surface area contributed by atoms with Crippen molar-refractivity contribution in [3.05, 3.63) is 64.5 Å². The number of hydrogen-bond acceptors (Lipinski definition) is 7. The average Bonchev–Trinajstić information content (AvgIpc) is 2.71. The molecule has 0 atom stereocenters. The van der Waals surface area contributed by atoms with Gasteiger partial charge in [0.1, 0.15) is 16.9 Å². The molecule has 3 rings (SSSR count). The number of carbonyl (C=O) groups excluding carboxylic acids is 3. The number of para-hydroxylation sites is 1. The fourth-order valence-electron chi connectivity index (χ4n) is 2.69. The van der Waals surface area contributed by atoms with Crippen molar-refractivity contribution in [3.8, 4) is 5.75 Å². The minimum Gasteiger partial charge on any atom is -0.495 e. The molecule has 0 aliphatic heterocycles. The van der Waals surface area contributed by atoms with Crippen LogP contribution in [0.4, 0.5) is 11.4 Å². The zero-order chi connectivity index (χ0) is 21.7. The number of carbonyl (C=O) groups is 3. The Morgan fingerprint density at radius 3 is 2.53 bits per heavy atom. The topological polar surface area (TPSA) is 124 Å². The molecule has 9 nitrogen and oxygen atoms in total. The summed E-state index contributed by atoms with van der Waals surface area (Å²) in [7, 11) is 1.42. The van der Waals surface area contributed by atoms with E-state index in [1.807, 2.05) is 0 Å². The summed E-state index contributed by atoms with van der Waals surface area (Å²) < 4.78 is 15.2. The van der Waals surface area contributed by atoms with Crippen molar-refractivity contribution in [1.29, 1.82) is 0 Å². The number of benzene rings is 2. The third-order valence-corrected chi connectivity index (χ3v) is 3.99. The fraction of sp³-hybridized carbons (Fsp3) is 0.143. The van der Waals surface area contributed by atoms with E-state index < -0.39 is 24.1 Å². The Hall–Kier alpha value is -4.14. The molecular formula is C21H18N2O7. The lowest BCUT2D eigenvalue weighted by Crippen LogP contribution is -2.24. The Bertz CT molecular complexity index is 1180. The van der Waals surface area contributed by atoms with E-state index in [4.69, 9.17) is 13.9 Å². The lowest BCUT2D eigenvalue weighted by atomic mass is 10.2. The zero-order valence-electron chi connectivity index (χ0n) is 16.2. The standard InChI is InChI=1S/C21H18N2O7/c1-12(24)22-14-7-8-18(28-2)16(10-14)23-19(25)11-29-20(26)15-9-13-5-3-4-6-17(13)30-21(15)27/h3-10H,11H2,1-2H3,(H,22,24)(H,23,25). The van der Waals surface area contributed by atoms with Crippen LogP contribution in [0.15, 0.2) is 57.7 Å². The third kappa shape index (κ3) is 4.82. The molecule has 0 fully saturated rings. The van der Waals surface area contributed by atoms with Crippen molar-refractivity contribution in [3.63, 3.8) is 0 Å². The van der Waals surface area contributed by atoms with Gasteiger partial charge in [-0.1, -0.05) is 18.2 Å². The quantitative estimate of drug-likeness (QED) is 0.473. The van der Waals surface area contributed by atoms with Crippen LogP contribution in [-0.4, -0.2) is 31.5 Å². The molecule has 2 amide bonds. The lowest BCUT2D eigenvalue weighted by Gasteiger charge is -2.12. The van der Waals surface area contributed by atoms with Gasteiger partial charge in [-0.05, 0) is 30.3 Å². The molecule has 154 valence electrons. The Balaban J connectivity index is 1.69. The summed E-state index contributed by atoms with van der Waals surface area (Å²) in [5, 5.41) is 5.67. The Morgan fingerprint density at radius 1 is 1.03 bits per heavy atom. The van der Waals surface area contributed by atoms with Crippen LogP contribution < -0.4 is 21.0 Å². The highest BCUT2D eigenvalue weighted by Gasteiger charge is 2.17. The van der Waals surface area contributed by atoms with E-state index in [0.29, 0.717) is 22.4 Å². The van der Waals surface area contributed by atoms with Gasteiger partial charge in [0.15, 0.2) is 6.61 Å². The molecule has 0 bridgehead atoms. The number of fused-ring (bicyclic) bond motifs is 1. The van der Waals surface area contributed by atoms with E-state index in [9.17, 15) is 19.2 Å². The van der Waals surface area contributed by atoms with Crippen molar-refractivity contribution in [1.82, 2.24) is 0 Å². The van der Waals surface area contributed by atoms with Gasteiger partial charge in [-0.3, -0.25) is 9.59 Å². The van der Waals surface area contributed by atoms with E-state index in [1.165, 1.54) is 26.2 Å². The molecule has 9 heteroatoms. The van der Waals surface area contributed by atoms with E-state index >= 15 is 0 Å². The molecule has 0 aliphatic rings. The molecule has 0 aliphatic carbocycles. The van der Waals surface area contributed by atoms with Gasteiger partial charge >= 0.3 is 11.6 Å². The number of amides is 2. The highest BCUT2D eigenvalue weighted by molar-refractivity contribution is 5.98. The van der Waals surface area contributed by atoms with Crippen LogP contribution in [0.2, 0.25) is 0 Å². The number of nitrogens with one attached hydrogen (secondary N) is 2. The largest absolute Gasteiger partial charge is 0.495 e.